The summed E-state index contributed by atoms with van der Waals surface area (Å²) in [6.07, 6.45) is 11.6. The third kappa shape index (κ3) is 22.3. The van der Waals surface area contributed by atoms with E-state index < -0.39 is 17.1 Å². The van der Waals surface area contributed by atoms with Gasteiger partial charge in [-0.2, -0.15) is 0 Å². The number of aromatic amines is 2. The van der Waals surface area contributed by atoms with Crippen LogP contribution in [0.4, 0.5) is 11.5 Å². The second kappa shape index (κ2) is 40.6. The third-order valence-electron chi connectivity index (χ3n) is 15.4. The molecule has 0 spiro atoms. The summed E-state index contributed by atoms with van der Waals surface area (Å²) >= 11 is 0.817. The number of carbonyl (C=O) groups excluding carboxylic acids is 3. The molecular formula is C74H86Cl3FeIN14NaO4. The Bertz CT molecular complexity index is 4810. The van der Waals surface area contributed by atoms with Gasteiger partial charge in [0, 0.05) is 129 Å². The number of benzene rings is 7. The first-order chi connectivity index (χ1) is 46.6. The van der Waals surface area contributed by atoms with E-state index in [1.165, 1.54) is 10.9 Å². The van der Waals surface area contributed by atoms with Crippen LogP contribution in [-0.4, -0.2) is 126 Å². The van der Waals surface area contributed by atoms with Crippen molar-refractivity contribution in [2.24, 2.45) is 32.6 Å². The molecule has 0 bridgehead atoms. The second-order valence-corrected chi connectivity index (χ2v) is 28.4. The molecule has 0 atom stereocenters. The molecule has 513 valence electrons. The van der Waals surface area contributed by atoms with Crippen LogP contribution >= 0.6 is 52.9 Å². The van der Waals surface area contributed by atoms with Crippen molar-refractivity contribution in [1.82, 2.24) is 48.4 Å². The summed E-state index contributed by atoms with van der Waals surface area (Å²) in [5.74, 6) is 1.82. The topological polar surface area (TPSA) is 250 Å². The molecule has 0 aliphatic carbocycles. The number of nitrogens with one attached hydrogen (secondary N) is 3. The number of anilines is 2. The summed E-state index contributed by atoms with van der Waals surface area (Å²) in [7, 11) is 29.0. The van der Waals surface area contributed by atoms with Crippen molar-refractivity contribution in [1.29, 1.82) is 0 Å². The number of rotatable bonds is 13. The minimum atomic E-state index is -1.33. The predicted molar refractivity (Wildman–Crippen MR) is 414 cm³/mol. The van der Waals surface area contributed by atoms with Gasteiger partial charge in [0.1, 0.15) is 11.6 Å². The number of aromatic nitrogens is 8. The molecule has 0 aliphatic heterocycles. The van der Waals surface area contributed by atoms with E-state index in [-0.39, 0.29) is 36.5 Å². The number of fused-ring (bicyclic) bond motifs is 6. The standard InChI is InChI=1S/C23H27N5.C18H15N3O.C10H9NO.C9H7NO.C8H10N2O.C5H14N2.CH3I.3ClH.Fe.Na.H/c1-16-9-7-11-18-21(16)25-23(26-22(18)24-13-8-14-27(2)3)19-15-28(4)20-12-6-5-10-17(19)20;1-11-6-5-8-13-16(11)19-17(20-18(13)22)14-10-21(2)15-9-4-3-7-12(14)15;1-11-6-8(7-12)9-4-2-3-5-10(9)11;11-6-7-5-10-9-4-2-1-3-8(7)9;1-5-3-2-4-6(7(5)9)8(10)11;1-7(2)5-3-4-6;1-2;;;;;;/h5-7,9-12,15H,8,13-14H2,1-4H3,(H,24,25,26);3-10H,1-2H3,(H,19,20,22);2-7H,1H3;1-6,10H;2-4H,9H2,1H3,(H2,10,11);3-6H2,1-2H3;1H3;3*1H;;;/q;;;;;;;;;;+3;+1;-1/p-3. The molecule has 0 saturated carbocycles. The van der Waals surface area contributed by atoms with Crippen molar-refractivity contribution in [3.05, 3.63) is 220 Å². The number of amides is 1. The van der Waals surface area contributed by atoms with Crippen LogP contribution < -0.4 is 57.6 Å². The average Bonchev–Trinajstić information content (AvgIpc) is 1.73. The van der Waals surface area contributed by atoms with Crippen molar-refractivity contribution < 1.29 is 56.5 Å². The maximum Gasteiger partial charge on any atom is 1.00 e. The fourth-order valence-corrected chi connectivity index (χ4v) is 10.6. The van der Waals surface area contributed by atoms with Gasteiger partial charge in [-0.1, -0.05) is 132 Å². The molecule has 6 heterocycles. The zero-order chi connectivity index (χ0) is 70.9. The van der Waals surface area contributed by atoms with Crippen LogP contribution in [0.2, 0.25) is 0 Å². The Labute approximate surface area is 627 Å². The molecule has 0 aliphatic rings. The van der Waals surface area contributed by atoms with Crippen molar-refractivity contribution in [2.45, 2.75) is 33.6 Å². The number of halogens is 4. The molecule has 24 heteroatoms. The summed E-state index contributed by atoms with van der Waals surface area (Å²) < 4.78 is 6.14. The molecule has 0 saturated heterocycles. The molecule has 1 amide bonds. The normalized spacial score (nSPS) is 10.6. The fraction of sp³-hybridized carbons (Fsp3) is 0.230. The summed E-state index contributed by atoms with van der Waals surface area (Å²) in [4.78, 5) is 71.0. The van der Waals surface area contributed by atoms with Gasteiger partial charge in [0.15, 0.2) is 18.4 Å². The monoisotopic (exact) mass is 1550 g/mol. The first kappa shape index (κ1) is 81.3. The number of nitrogen functional groups attached to an aromatic ring is 1. The minimum Gasteiger partial charge on any atom is -1.00 e. The van der Waals surface area contributed by atoms with Crippen LogP contribution in [0.3, 0.4) is 0 Å². The van der Waals surface area contributed by atoms with E-state index in [1.807, 2.05) is 139 Å². The van der Waals surface area contributed by atoms with Gasteiger partial charge in [0.2, 0.25) is 0 Å². The smallest absolute Gasteiger partial charge is 1.00 e. The fourth-order valence-electron chi connectivity index (χ4n) is 10.6. The largest absolute Gasteiger partial charge is 1.00 e. The maximum atomic E-state index is 12.4. The number of nitrogens with zero attached hydrogens (tertiary/aromatic N) is 8. The van der Waals surface area contributed by atoms with Gasteiger partial charge in [-0.15, -0.1) is 0 Å². The molecule has 0 radical (unpaired) electrons. The van der Waals surface area contributed by atoms with E-state index in [9.17, 15) is 19.2 Å². The summed E-state index contributed by atoms with van der Waals surface area (Å²) in [6.45, 7) is 9.76. The van der Waals surface area contributed by atoms with E-state index in [2.05, 4.69) is 149 Å². The first-order valence-corrected chi connectivity index (χ1v) is 37.6. The van der Waals surface area contributed by atoms with Gasteiger partial charge in [0.05, 0.1) is 22.0 Å². The zero-order valence-electron chi connectivity index (χ0n) is 58.4. The van der Waals surface area contributed by atoms with Gasteiger partial charge in [-0.25, -0.2) is 15.0 Å². The summed E-state index contributed by atoms with van der Waals surface area (Å²) in [5.41, 5.74) is 29.4. The van der Waals surface area contributed by atoms with Crippen LogP contribution in [-0.2, 0) is 32.3 Å². The van der Waals surface area contributed by atoms with Crippen molar-refractivity contribution in [3.8, 4) is 22.8 Å². The van der Waals surface area contributed by atoms with Gasteiger partial charge in [-0.3, -0.25) is 19.2 Å². The average molecular weight is 1550 g/mol. The van der Waals surface area contributed by atoms with Gasteiger partial charge < -0.3 is 57.4 Å². The van der Waals surface area contributed by atoms with Crippen LogP contribution in [0.1, 0.15) is 62.0 Å². The number of nitrogens with two attached hydrogens (primary N) is 3. The Hall–Kier alpha value is -7.41. The number of hydrogen-bond acceptors (Lipinski definition) is 12. The van der Waals surface area contributed by atoms with Gasteiger partial charge in [-0.05, 0) is 146 Å². The van der Waals surface area contributed by atoms with Gasteiger partial charge >= 0.3 is 71.0 Å². The van der Waals surface area contributed by atoms with E-state index in [1.54, 1.807) is 24.4 Å². The van der Waals surface area contributed by atoms with Crippen molar-refractivity contribution in [2.75, 3.05) is 70.4 Å². The number of primary amides is 1. The molecule has 9 N–H and O–H groups in total. The predicted octanol–water partition coefficient (Wildman–Crippen LogP) is 12.6. The number of H-pyrrole nitrogens is 2. The Morgan fingerprint density at radius 2 is 1.06 bits per heavy atom. The number of para-hydroxylation sites is 7. The molecular weight excluding hydrogens is 1460 g/mol. The quantitative estimate of drug-likeness (QED) is 0.0158. The SMILES string of the molecule is CI.CN(C)CCCN.Cc1cccc(C(N)=O)c1N.Cc1cccc2c(=O)[nH]c(-c3cn(C)c4ccccc34)nc12.Cc1cccc2c(NCCCN(C)C)nc(-c3cn(C)c4ccccc34)nc12.Cn1cc(C=O)c2ccccc21.O=Cc1c[nH]c2ccccc12.[Cl][Fe]([Cl])[Cl].[H-].[Na+]. The second-order valence-electron chi connectivity index (χ2n) is 22.9. The number of alkyl halides is 1. The number of hydrogen-bond donors (Lipinski definition) is 6. The van der Waals surface area contributed by atoms with E-state index >= 15 is 0 Å². The van der Waals surface area contributed by atoms with Crippen LogP contribution in [0, 0.1) is 20.8 Å². The number of aryl methyl sites for hydroxylation is 6. The Balaban J connectivity index is 0.000000261. The molecule has 0 fully saturated rings. The van der Waals surface area contributed by atoms with Gasteiger partial charge in [0.25, 0.3) is 11.5 Å². The molecule has 18 nitrogen and oxygen atoms in total. The summed E-state index contributed by atoms with van der Waals surface area (Å²) in [6, 6.07) is 49.3. The van der Waals surface area contributed by atoms with Crippen LogP contribution in [0.5, 0.6) is 0 Å². The van der Waals surface area contributed by atoms with Crippen LogP contribution in [0.25, 0.3) is 88.2 Å². The molecule has 7 aromatic carbocycles. The van der Waals surface area contributed by atoms with E-state index in [0.717, 1.165) is 151 Å². The maximum absolute atomic E-state index is 12.4. The first-order valence-electron chi connectivity index (χ1n) is 30.9. The Kier molecular flexibility index (Phi) is 33.7. The van der Waals surface area contributed by atoms with E-state index in [4.69, 9.17) is 62.4 Å². The number of carbonyl (C=O) groups is 3. The zero-order valence-corrected chi connectivity index (χ0v) is 65.0. The Morgan fingerprint density at radius 1 is 0.602 bits per heavy atom. The minimum absolute atomic E-state index is 0. The Morgan fingerprint density at radius 3 is 1.60 bits per heavy atom. The molecule has 98 heavy (non-hydrogen) atoms. The molecule has 6 aromatic heterocycles. The van der Waals surface area contributed by atoms with Crippen molar-refractivity contribution in [3.63, 3.8) is 0 Å². The molecule has 13 rings (SSSR count). The third-order valence-corrected chi connectivity index (χ3v) is 15.4. The van der Waals surface area contributed by atoms with Crippen molar-refractivity contribution >= 4 is 148 Å². The summed E-state index contributed by atoms with van der Waals surface area (Å²) in [5, 5.41) is 9.53. The molecule has 13 aromatic rings. The number of aldehydes is 2. The van der Waals surface area contributed by atoms with E-state index in [0.29, 0.717) is 22.5 Å². The van der Waals surface area contributed by atoms with Crippen LogP contribution in [0.15, 0.2) is 181 Å². The molecule has 0 unspecified atom stereocenters.